The van der Waals surface area contributed by atoms with Crippen molar-refractivity contribution < 1.29 is 27.6 Å². The molecule has 2 aliphatic rings. The van der Waals surface area contributed by atoms with Crippen LogP contribution in [-0.4, -0.2) is 24.0 Å². The fourth-order valence-electron chi connectivity index (χ4n) is 3.80. The number of carbonyl (C=O) groups excluding carboxylic acids is 3. The number of imide groups is 1. The number of nitrogens with one attached hydrogen (secondary N) is 3. The number of rotatable bonds is 4. The molecule has 3 rings (SSSR count). The third-order valence-electron chi connectivity index (χ3n) is 5.57. The normalized spacial score (nSPS) is 27.9. The number of amides is 4. The van der Waals surface area contributed by atoms with E-state index >= 15 is 0 Å². The van der Waals surface area contributed by atoms with Gasteiger partial charge >= 0.3 is 12.2 Å². The largest absolute Gasteiger partial charge is 0.391 e. The van der Waals surface area contributed by atoms with Crippen molar-refractivity contribution in [3.63, 3.8) is 0 Å². The van der Waals surface area contributed by atoms with Crippen molar-refractivity contribution >= 4 is 23.5 Å². The molecule has 1 heterocycles. The van der Waals surface area contributed by atoms with Gasteiger partial charge in [0.15, 0.2) is 0 Å². The molecule has 1 aromatic carbocycles. The Morgan fingerprint density at radius 3 is 2.25 bits per heavy atom. The van der Waals surface area contributed by atoms with E-state index in [0.29, 0.717) is 24.1 Å². The quantitative estimate of drug-likeness (QED) is 0.680. The Bertz CT molecular complexity index is 771. The van der Waals surface area contributed by atoms with Gasteiger partial charge in [0.2, 0.25) is 5.91 Å². The monoisotopic (exact) mass is 397 g/mol. The van der Waals surface area contributed by atoms with Crippen LogP contribution in [0.25, 0.3) is 0 Å². The Morgan fingerprint density at radius 1 is 1.14 bits per heavy atom. The highest BCUT2D eigenvalue weighted by Crippen LogP contribution is 2.40. The lowest BCUT2D eigenvalue weighted by molar-refractivity contribution is -0.184. The van der Waals surface area contributed by atoms with E-state index in [1.807, 2.05) is 0 Å². The third kappa shape index (κ3) is 4.28. The molecule has 2 fully saturated rings. The molecular formula is C19H22F3N3O3. The van der Waals surface area contributed by atoms with E-state index < -0.39 is 29.6 Å². The molecule has 28 heavy (non-hydrogen) atoms. The summed E-state index contributed by atoms with van der Waals surface area (Å²) in [4.78, 5) is 35.5. The SMILES string of the molecule is CC1(c2ccc(NC(=O)CC3CCC(C(F)(F)F)CC3)cc2)NC(=O)NC1=O. The molecule has 4 amide bonds. The van der Waals surface area contributed by atoms with E-state index in [1.54, 1.807) is 31.2 Å². The topological polar surface area (TPSA) is 87.3 Å². The second-order valence-corrected chi connectivity index (χ2v) is 7.62. The lowest BCUT2D eigenvalue weighted by atomic mass is 9.80. The number of alkyl halides is 3. The van der Waals surface area contributed by atoms with Crippen LogP contribution in [-0.2, 0) is 15.1 Å². The number of benzene rings is 1. The summed E-state index contributed by atoms with van der Waals surface area (Å²) in [6, 6.07) is 5.95. The summed E-state index contributed by atoms with van der Waals surface area (Å²) in [6.45, 7) is 1.58. The Morgan fingerprint density at radius 2 is 1.75 bits per heavy atom. The zero-order valence-electron chi connectivity index (χ0n) is 15.4. The zero-order chi connectivity index (χ0) is 20.5. The van der Waals surface area contributed by atoms with Gasteiger partial charge in [-0.05, 0) is 56.2 Å². The van der Waals surface area contributed by atoms with Crippen molar-refractivity contribution in [3.05, 3.63) is 29.8 Å². The van der Waals surface area contributed by atoms with Gasteiger partial charge in [0.25, 0.3) is 5.91 Å². The Balaban J connectivity index is 1.53. The van der Waals surface area contributed by atoms with Crippen LogP contribution in [0.1, 0.15) is 44.6 Å². The number of halogens is 3. The van der Waals surface area contributed by atoms with E-state index in [9.17, 15) is 27.6 Å². The van der Waals surface area contributed by atoms with E-state index in [-0.39, 0.29) is 31.1 Å². The first-order valence-corrected chi connectivity index (χ1v) is 9.18. The molecule has 0 spiro atoms. The lowest BCUT2D eigenvalue weighted by Gasteiger charge is -2.29. The van der Waals surface area contributed by atoms with Gasteiger partial charge in [0, 0.05) is 12.1 Å². The molecule has 6 nitrogen and oxygen atoms in total. The maximum atomic E-state index is 12.7. The van der Waals surface area contributed by atoms with Crippen LogP contribution in [0.4, 0.5) is 23.7 Å². The Labute approximate surface area is 160 Å². The zero-order valence-corrected chi connectivity index (χ0v) is 15.4. The number of carbonyl (C=O) groups is 3. The molecule has 152 valence electrons. The van der Waals surface area contributed by atoms with Crippen LogP contribution in [0.2, 0.25) is 0 Å². The highest BCUT2D eigenvalue weighted by atomic mass is 19.4. The van der Waals surface area contributed by atoms with Gasteiger partial charge in [-0.3, -0.25) is 14.9 Å². The molecule has 1 saturated carbocycles. The fourth-order valence-corrected chi connectivity index (χ4v) is 3.80. The minimum Gasteiger partial charge on any atom is -0.326 e. The molecule has 0 aromatic heterocycles. The lowest BCUT2D eigenvalue weighted by Crippen LogP contribution is -2.40. The second kappa shape index (κ2) is 7.44. The molecule has 0 bridgehead atoms. The highest BCUT2D eigenvalue weighted by molar-refractivity contribution is 6.07. The average Bonchev–Trinajstić information content (AvgIpc) is 2.88. The maximum Gasteiger partial charge on any atom is 0.391 e. The first-order chi connectivity index (χ1) is 13.1. The predicted octanol–water partition coefficient (Wildman–Crippen LogP) is 3.44. The maximum absolute atomic E-state index is 12.7. The number of urea groups is 1. The molecule has 9 heteroatoms. The predicted molar refractivity (Wildman–Crippen MR) is 95.2 cm³/mol. The molecular weight excluding hydrogens is 375 g/mol. The van der Waals surface area contributed by atoms with Gasteiger partial charge in [-0.15, -0.1) is 0 Å². The average molecular weight is 397 g/mol. The molecule has 1 saturated heterocycles. The van der Waals surface area contributed by atoms with Crippen molar-refractivity contribution in [1.29, 1.82) is 0 Å². The van der Waals surface area contributed by atoms with E-state index in [2.05, 4.69) is 16.0 Å². The second-order valence-electron chi connectivity index (χ2n) is 7.62. The van der Waals surface area contributed by atoms with Gasteiger partial charge in [-0.1, -0.05) is 12.1 Å². The number of hydrogen-bond donors (Lipinski definition) is 3. The minimum absolute atomic E-state index is 0.0471. The van der Waals surface area contributed by atoms with E-state index in [1.165, 1.54) is 0 Å². The fraction of sp³-hybridized carbons (Fsp3) is 0.526. The Hall–Kier alpha value is -2.58. The summed E-state index contributed by atoms with van der Waals surface area (Å²) in [5.41, 5.74) is -0.0816. The van der Waals surface area contributed by atoms with Gasteiger partial charge in [-0.25, -0.2) is 4.79 Å². The van der Waals surface area contributed by atoms with Crippen LogP contribution < -0.4 is 16.0 Å². The summed E-state index contributed by atoms with van der Waals surface area (Å²) in [6.07, 6.45) is -3.04. The smallest absolute Gasteiger partial charge is 0.326 e. The van der Waals surface area contributed by atoms with Gasteiger partial charge in [0.05, 0.1) is 5.92 Å². The molecule has 1 atom stereocenters. The minimum atomic E-state index is -4.15. The first-order valence-electron chi connectivity index (χ1n) is 9.18. The third-order valence-corrected chi connectivity index (χ3v) is 5.57. The van der Waals surface area contributed by atoms with Gasteiger partial charge < -0.3 is 10.6 Å². The summed E-state index contributed by atoms with van der Waals surface area (Å²) in [7, 11) is 0. The summed E-state index contributed by atoms with van der Waals surface area (Å²) < 4.78 is 38.1. The summed E-state index contributed by atoms with van der Waals surface area (Å²) in [5.74, 6) is -2.01. The van der Waals surface area contributed by atoms with Gasteiger partial charge in [0.1, 0.15) is 5.54 Å². The highest BCUT2D eigenvalue weighted by Gasteiger charge is 2.43. The molecule has 1 aliphatic heterocycles. The first kappa shape index (κ1) is 20.2. The van der Waals surface area contributed by atoms with Crippen molar-refractivity contribution in [2.45, 2.75) is 50.7 Å². The van der Waals surface area contributed by atoms with Crippen molar-refractivity contribution in [3.8, 4) is 0 Å². The standard InChI is InChI=1S/C19H22F3N3O3/c1-18(16(27)24-17(28)25-18)12-6-8-14(9-7-12)23-15(26)10-11-2-4-13(5-3-11)19(20,21)22/h6-9,11,13H,2-5,10H2,1H3,(H,23,26)(H2,24,25,27,28). The van der Waals surface area contributed by atoms with E-state index in [0.717, 1.165) is 0 Å². The summed E-state index contributed by atoms with van der Waals surface area (Å²) >= 11 is 0. The van der Waals surface area contributed by atoms with Crippen LogP contribution >= 0.6 is 0 Å². The van der Waals surface area contributed by atoms with Crippen LogP contribution in [0, 0.1) is 11.8 Å². The van der Waals surface area contributed by atoms with Gasteiger partial charge in [-0.2, -0.15) is 13.2 Å². The van der Waals surface area contributed by atoms with Crippen LogP contribution in [0.3, 0.4) is 0 Å². The molecule has 1 unspecified atom stereocenters. The molecule has 1 aromatic rings. The molecule has 1 aliphatic carbocycles. The molecule has 0 radical (unpaired) electrons. The summed E-state index contributed by atoms with van der Waals surface area (Å²) in [5, 5.41) is 7.47. The van der Waals surface area contributed by atoms with Crippen molar-refractivity contribution in [1.82, 2.24) is 10.6 Å². The number of anilines is 1. The van der Waals surface area contributed by atoms with E-state index in [4.69, 9.17) is 0 Å². The van der Waals surface area contributed by atoms with Crippen molar-refractivity contribution in [2.75, 3.05) is 5.32 Å². The molecule has 3 N–H and O–H groups in total. The van der Waals surface area contributed by atoms with Crippen LogP contribution in [0.5, 0.6) is 0 Å². The van der Waals surface area contributed by atoms with Crippen molar-refractivity contribution in [2.24, 2.45) is 11.8 Å². The van der Waals surface area contributed by atoms with Crippen LogP contribution in [0.15, 0.2) is 24.3 Å². The number of hydrogen-bond acceptors (Lipinski definition) is 3. The Kier molecular flexibility index (Phi) is 5.36.